The van der Waals surface area contributed by atoms with Gasteiger partial charge in [-0.2, -0.15) is 4.98 Å². The van der Waals surface area contributed by atoms with E-state index in [0.29, 0.717) is 29.1 Å². The number of nitrogens with zero attached hydrogens (tertiary/aromatic N) is 5. The highest BCUT2D eigenvalue weighted by Gasteiger charge is 2.20. The molecule has 10 nitrogen and oxygen atoms in total. The molecule has 0 atom stereocenters. The monoisotopic (exact) mass is 553 g/mol. The zero-order valence-corrected chi connectivity index (χ0v) is 24.1. The van der Waals surface area contributed by atoms with Crippen LogP contribution in [-0.4, -0.2) is 87.7 Å². The molecule has 1 aromatic heterocycles. The molecule has 1 amide bonds. The second-order valence-corrected chi connectivity index (χ2v) is 10.2. The number of fused-ring (bicyclic) bond motifs is 1. The Morgan fingerprint density at radius 2 is 1.72 bits per heavy atom. The molecule has 0 unspecified atom stereocenters. The molecule has 0 saturated carbocycles. The Balaban J connectivity index is 1.56. The summed E-state index contributed by atoms with van der Waals surface area (Å²) < 4.78 is 11.1. The van der Waals surface area contributed by atoms with Gasteiger partial charge >= 0.3 is 0 Å². The van der Waals surface area contributed by atoms with Crippen molar-refractivity contribution in [1.29, 1.82) is 0 Å². The van der Waals surface area contributed by atoms with E-state index in [0.717, 1.165) is 48.7 Å². The fraction of sp³-hybridized carbons (Fsp3) is 0.393. The first-order valence-corrected chi connectivity index (χ1v) is 13.1. The van der Waals surface area contributed by atoms with E-state index >= 15 is 0 Å². The van der Waals surface area contributed by atoms with Gasteiger partial charge in [-0.1, -0.05) is 11.6 Å². The van der Waals surface area contributed by atoms with Gasteiger partial charge in [0.05, 0.1) is 44.0 Å². The van der Waals surface area contributed by atoms with Crippen LogP contribution in [0.4, 0.5) is 28.8 Å². The molecule has 1 aliphatic heterocycles. The summed E-state index contributed by atoms with van der Waals surface area (Å²) in [6.45, 7) is 2.04. The topological polar surface area (TPSA) is 95.1 Å². The molecule has 39 heavy (non-hydrogen) atoms. The quantitative estimate of drug-likeness (QED) is 0.404. The molecule has 4 rings (SSSR count). The predicted octanol–water partition coefficient (Wildman–Crippen LogP) is 4.19. The Morgan fingerprint density at radius 3 is 2.36 bits per heavy atom. The van der Waals surface area contributed by atoms with Crippen LogP contribution in [-0.2, 0) is 17.6 Å². The van der Waals surface area contributed by atoms with Crippen molar-refractivity contribution in [2.45, 2.75) is 12.8 Å². The lowest BCUT2D eigenvalue weighted by atomic mass is 10.0. The number of carbonyl (C=O) groups excluding carboxylic acids is 1. The lowest BCUT2D eigenvalue weighted by Gasteiger charge is -2.21. The van der Waals surface area contributed by atoms with Crippen LogP contribution in [0, 0.1) is 0 Å². The van der Waals surface area contributed by atoms with Crippen molar-refractivity contribution in [3.05, 3.63) is 52.7 Å². The summed E-state index contributed by atoms with van der Waals surface area (Å²) in [7, 11) is 10.8. The number of carbonyl (C=O) groups is 1. The lowest BCUT2D eigenvalue weighted by Crippen LogP contribution is -2.37. The van der Waals surface area contributed by atoms with Gasteiger partial charge in [0.2, 0.25) is 11.9 Å². The van der Waals surface area contributed by atoms with Crippen molar-refractivity contribution < 1.29 is 14.3 Å². The smallest absolute Gasteiger partial charge is 0.236 e. The number of rotatable bonds is 9. The van der Waals surface area contributed by atoms with Gasteiger partial charge in [-0.05, 0) is 48.2 Å². The molecular weight excluding hydrogens is 518 g/mol. The van der Waals surface area contributed by atoms with E-state index in [-0.39, 0.29) is 5.91 Å². The van der Waals surface area contributed by atoms with Crippen LogP contribution in [0.15, 0.2) is 36.5 Å². The second-order valence-electron chi connectivity index (χ2n) is 9.80. The molecule has 0 fully saturated rings. The maximum absolute atomic E-state index is 12.2. The number of likely N-dealkylation sites (N-methyl/N-ethyl adjacent to an activating group) is 1. The molecule has 208 valence electrons. The first-order valence-electron chi connectivity index (χ1n) is 12.7. The first-order chi connectivity index (χ1) is 18.7. The van der Waals surface area contributed by atoms with Crippen molar-refractivity contribution in [2.24, 2.45) is 0 Å². The highest BCUT2D eigenvalue weighted by atomic mass is 35.5. The first kappa shape index (κ1) is 28.3. The van der Waals surface area contributed by atoms with Crippen molar-refractivity contribution in [3.63, 3.8) is 0 Å². The van der Waals surface area contributed by atoms with Crippen LogP contribution in [0.1, 0.15) is 11.1 Å². The Hall–Kier alpha value is -3.76. The van der Waals surface area contributed by atoms with Crippen molar-refractivity contribution in [1.82, 2.24) is 19.8 Å². The number of hydrogen-bond donors (Lipinski definition) is 2. The van der Waals surface area contributed by atoms with Crippen molar-refractivity contribution in [2.75, 3.05) is 77.6 Å². The van der Waals surface area contributed by atoms with Gasteiger partial charge < -0.3 is 29.9 Å². The molecule has 1 aliphatic rings. The lowest BCUT2D eigenvalue weighted by molar-refractivity contribution is -0.129. The molecule has 2 N–H and O–H groups in total. The molecule has 0 aliphatic carbocycles. The number of benzene rings is 2. The van der Waals surface area contributed by atoms with Crippen LogP contribution in [0.2, 0.25) is 5.02 Å². The Kier molecular flexibility index (Phi) is 8.98. The molecule has 2 aromatic carbocycles. The summed E-state index contributed by atoms with van der Waals surface area (Å²) in [6.07, 6.45) is 3.23. The molecule has 0 radical (unpaired) electrons. The standard InChI is InChI=1S/C28H36ClN7O3/c1-34(2)24-15-20(38-5)7-8-22(24)31-27-21(29)16-30-28(33-27)32-23-13-18-9-11-36(17-26(37)35(3)4)12-10-19(18)14-25(23)39-6/h7-8,13-16H,9-12,17H2,1-6H3,(H2,30,31,32,33). The summed E-state index contributed by atoms with van der Waals surface area (Å²) in [6, 6.07) is 9.88. The maximum Gasteiger partial charge on any atom is 0.236 e. The van der Waals surface area contributed by atoms with Gasteiger partial charge in [0.15, 0.2) is 5.82 Å². The van der Waals surface area contributed by atoms with E-state index in [1.54, 1.807) is 39.4 Å². The summed E-state index contributed by atoms with van der Waals surface area (Å²) in [4.78, 5) is 27.1. The summed E-state index contributed by atoms with van der Waals surface area (Å²) in [5.41, 5.74) is 4.94. The van der Waals surface area contributed by atoms with E-state index < -0.39 is 0 Å². The third kappa shape index (κ3) is 6.82. The minimum absolute atomic E-state index is 0.109. The van der Waals surface area contributed by atoms with E-state index in [9.17, 15) is 4.79 Å². The highest BCUT2D eigenvalue weighted by Crippen LogP contribution is 2.35. The maximum atomic E-state index is 12.2. The Bertz CT molecular complexity index is 1330. The van der Waals surface area contributed by atoms with Crippen molar-refractivity contribution in [3.8, 4) is 11.5 Å². The van der Waals surface area contributed by atoms with Crippen LogP contribution >= 0.6 is 11.6 Å². The molecule has 11 heteroatoms. The van der Waals surface area contributed by atoms with E-state index in [2.05, 4.69) is 37.6 Å². The van der Waals surface area contributed by atoms with E-state index in [1.165, 1.54) is 11.1 Å². The highest BCUT2D eigenvalue weighted by molar-refractivity contribution is 6.33. The molecular formula is C28H36ClN7O3. The molecule has 2 heterocycles. The largest absolute Gasteiger partial charge is 0.497 e. The fourth-order valence-electron chi connectivity index (χ4n) is 4.44. The third-order valence-electron chi connectivity index (χ3n) is 6.70. The normalized spacial score (nSPS) is 13.2. The zero-order valence-electron chi connectivity index (χ0n) is 23.3. The number of amides is 1. The molecule has 3 aromatic rings. The Morgan fingerprint density at radius 1 is 1.00 bits per heavy atom. The predicted molar refractivity (Wildman–Crippen MR) is 156 cm³/mol. The SMILES string of the molecule is COc1ccc(Nc2nc(Nc3cc4c(cc3OC)CCN(CC(=O)N(C)C)CC4)ncc2Cl)c(N(C)C)c1. The average molecular weight is 554 g/mol. The van der Waals surface area contributed by atoms with Gasteiger partial charge in [-0.15, -0.1) is 0 Å². The van der Waals surface area contributed by atoms with Crippen molar-refractivity contribution >= 4 is 46.3 Å². The number of anilines is 5. The summed E-state index contributed by atoms with van der Waals surface area (Å²) >= 11 is 6.47. The number of hydrogen-bond acceptors (Lipinski definition) is 9. The van der Waals surface area contributed by atoms with Crippen LogP contribution in [0.3, 0.4) is 0 Å². The Labute approximate surface area is 234 Å². The van der Waals surface area contributed by atoms with Crippen LogP contribution < -0.4 is 25.0 Å². The van der Waals surface area contributed by atoms with Gasteiger partial charge in [-0.3, -0.25) is 9.69 Å². The molecule has 0 bridgehead atoms. The van der Waals surface area contributed by atoms with Gasteiger partial charge in [0.1, 0.15) is 16.5 Å². The van der Waals surface area contributed by atoms with Gasteiger partial charge in [0.25, 0.3) is 0 Å². The van der Waals surface area contributed by atoms with E-state index in [4.69, 9.17) is 21.1 Å². The zero-order chi connectivity index (χ0) is 28.1. The van der Waals surface area contributed by atoms with Crippen LogP contribution in [0.25, 0.3) is 0 Å². The summed E-state index contributed by atoms with van der Waals surface area (Å²) in [5, 5.41) is 7.03. The number of halogens is 1. The van der Waals surface area contributed by atoms with Crippen LogP contribution in [0.5, 0.6) is 11.5 Å². The average Bonchev–Trinajstić information content (AvgIpc) is 3.11. The van der Waals surface area contributed by atoms with Gasteiger partial charge in [0, 0.05) is 47.3 Å². The van der Waals surface area contributed by atoms with Gasteiger partial charge in [-0.25, -0.2) is 4.98 Å². The molecule has 0 spiro atoms. The number of ether oxygens (including phenoxy) is 2. The number of aromatic nitrogens is 2. The summed E-state index contributed by atoms with van der Waals surface area (Å²) in [5.74, 6) is 2.41. The van der Waals surface area contributed by atoms with E-state index in [1.807, 2.05) is 37.2 Å². The number of nitrogens with one attached hydrogen (secondary N) is 2. The molecule has 0 saturated heterocycles. The minimum atomic E-state index is 0.109. The number of methoxy groups -OCH3 is 2. The minimum Gasteiger partial charge on any atom is -0.497 e. The fourth-order valence-corrected chi connectivity index (χ4v) is 4.57. The second kappa shape index (κ2) is 12.4. The third-order valence-corrected chi connectivity index (χ3v) is 6.98.